The van der Waals surface area contributed by atoms with Crippen LogP contribution in [0, 0.1) is 0 Å². The minimum atomic E-state index is -4.51. The number of amides is 1. The molecule has 4 aromatic rings. The van der Waals surface area contributed by atoms with Crippen LogP contribution in [0.5, 0.6) is 0 Å². The van der Waals surface area contributed by atoms with E-state index in [2.05, 4.69) is 25.6 Å². The number of alkyl halides is 3. The molecule has 10 heteroatoms. The van der Waals surface area contributed by atoms with Crippen LogP contribution in [-0.2, 0) is 6.18 Å². The van der Waals surface area contributed by atoms with Crippen LogP contribution >= 0.6 is 11.6 Å². The highest BCUT2D eigenvalue weighted by atomic mass is 35.5. The lowest BCUT2D eigenvalue weighted by Crippen LogP contribution is -2.15. The van der Waals surface area contributed by atoms with Gasteiger partial charge in [0.15, 0.2) is 0 Å². The van der Waals surface area contributed by atoms with Crippen molar-refractivity contribution in [3.05, 3.63) is 95.5 Å². The Morgan fingerprint density at radius 3 is 2.45 bits per heavy atom. The Morgan fingerprint density at radius 1 is 0.939 bits per heavy atom. The van der Waals surface area contributed by atoms with Crippen molar-refractivity contribution < 1.29 is 18.0 Å². The van der Waals surface area contributed by atoms with E-state index in [1.807, 2.05) is 30.3 Å². The third-order valence-corrected chi connectivity index (χ3v) is 4.90. The van der Waals surface area contributed by atoms with E-state index in [0.717, 1.165) is 23.3 Å². The zero-order valence-corrected chi connectivity index (χ0v) is 17.5. The molecule has 2 heterocycles. The SMILES string of the molecule is O=C(Nc1cnccc1-c1ccccc1)c1ccnc(Nc2ccc(C(F)(F)F)cc2Cl)n1. The highest BCUT2D eigenvalue weighted by Gasteiger charge is 2.31. The van der Waals surface area contributed by atoms with Gasteiger partial charge in [-0.2, -0.15) is 13.2 Å². The second kappa shape index (κ2) is 9.25. The highest BCUT2D eigenvalue weighted by molar-refractivity contribution is 6.33. The summed E-state index contributed by atoms with van der Waals surface area (Å²) < 4.78 is 38.5. The molecule has 2 N–H and O–H groups in total. The number of benzene rings is 2. The summed E-state index contributed by atoms with van der Waals surface area (Å²) in [6.45, 7) is 0. The Morgan fingerprint density at radius 2 is 1.73 bits per heavy atom. The molecule has 4 rings (SSSR count). The minimum absolute atomic E-state index is 0.00113. The van der Waals surface area contributed by atoms with Gasteiger partial charge in [-0.05, 0) is 35.9 Å². The first-order valence-electron chi connectivity index (χ1n) is 9.59. The molecule has 0 saturated carbocycles. The molecule has 2 aromatic carbocycles. The summed E-state index contributed by atoms with van der Waals surface area (Å²) in [7, 11) is 0. The molecule has 166 valence electrons. The summed E-state index contributed by atoms with van der Waals surface area (Å²) in [4.78, 5) is 25.0. The predicted molar refractivity (Wildman–Crippen MR) is 119 cm³/mol. The molecule has 0 atom stereocenters. The van der Waals surface area contributed by atoms with Crippen LogP contribution in [0.2, 0.25) is 5.02 Å². The van der Waals surface area contributed by atoms with E-state index in [1.54, 1.807) is 12.3 Å². The Hall–Kier alpha value is -3.98. The first kappa shape index (κ1) is 22.2. The Kier molecular flexibility index (Phi) is 6.23. The van der Waals surface area contributed by atoms with Gasteiger partial charge in [0, 0.05) is 18.0 Å². The van der Waals surface area contributed by atoms with Crippen LogP contribution in [0.1, 0.15) is 16.1 Å². The van der Waals surface area contributed by atoms with Crippen molar-refractivity contribution in [2.24, 2.45) is 0 Å². The van der Waals surface area contributed by atoms with Crippen molar-refractivity contribution >= 4 is 34.8 Å². The van der Waals surface area contributed by atoms with E-state index >= 15 is 0 Å². The van der Waals surface area contributed by atoms with Gasteiger partial charge in [0.1, 0.15) is 5.69 Å². The molecular formula is C23H15ClF3N5O. The van der Waals surface area contributed by atoms with Crippen molar-refractivity contribution in [3.63, 3.8) is 0 Å². The maximum Gasteiger partial charge on any atom is 0.416 e. The predicted octanol–water partition coefficient (Wildman–Crippen LogP) is 6.21. The number of anilines is 3. The Bertz CT molecular complexity index is 1300. The lowest BCUT2D eigenvalue weighted by molar-refractivity contribution is -0.137. The first-order valence-corrected chi connectivity index (χ1v) is 9.96. The quantitative estimate of drug-likeness (QED) is 0.363. The van der Waals surface area contributed by atoms with E-state index in [0.29, 0.717) is 5.69 Å². The minimum Gasteiger partial charge on any atom is -0.323 e. The number of nitrogens with zero attached hydrogens (tertiary/aromatic N) is 3. The average molecular weight is 470 g/mol. The molecule has 0 aliphatic carbocycles. The largest absolute Gasteiger partial charge is 0.416 e. The average Bonchev–Trinajstić information content (AvgIpc) is 2.81. The van der Waals surface area contributed by atoms with E-state index in [-0.39, 0.29) is 22.4 Å². The van der Waals surface area contributed by atoms with Gasteiger partial charge in [0.25, 0.3) is 5.91 Å². The fraction of sp³-hybridized carbons (Fsp3) is 0.0435. The molecule has 2 aromatic heterocycles. The lowest BCUT2D eigenvalue weighted by Gasteiger charge is -2.12. The van der Waals surface area contributed by atoms with Crippen molar-refractivity contribution in [2.75, 3.05) is 10.6 Å². The van der Waals surface area contributed by atoms with Crippen molar-refractivity contribution in [2.45, 2.75) is 6.18 Å². The van der Waals surface area contributed by atoms with Crippen molar-refractivity contribution in [1.82, 2.24) is 15.0 Å². The second-order valence-electron chi connectivity index (χ2n) is 6.82. The van der Waals surface area contributed by atoms with Crippen LogP contribution in [0.15, 0.2) is 79.3 Å². The smallest absolute Gasteiger partial charge is 0.323 e. The molecule has 0 aliphatic rings. The maximum atomic E-state index is 12.8. The Balaban J connectivity index is 1.54. The van der Waals surface area contributed by atoms with Crippen molar-refractivity contribution in [3.8, 4) is 11.1 Å². The van der Waals surface area contributed by atoms with Gasteiger partial charge in [0.05, 0.1) is 28.2 Å². The zero-order valence-electron chi connectivity index (χ0n) is 16.8. The van der Waals surface area contributed by atoms with Gasteiger partial charge in [-0.15, -0.1) is 0 Å². The second-order valence-corrected chi connectivity index (χ2v) is 7.23. The molecule has 0 bridgehead atoms. The first-order chi connectivity index (χ1) is 15.8. The number of pyridine rings is 1. The van der Waals surface area contributed by atoms with E-state index in [1.165, 1.54) is 24.5 Å². The fourth-order valence-corrected chi connectivity index (χ4v) is 3.24. The number of aromatic nitrogens is 3. The maximum absolute atomic E-state index is 12.8. The summed E-state index contributed by atoms with van der Waals surface area (Å²) >= 11 is 5.97. The van der Waals surface area contributed by atoms with E-state index < -0.39 is 17.6 Å². The number of hydrogen-bond acceptors (Lipinski definition) is 5. The third-order valence-electron chi connectivity index (χ3n) is 4.59. The lowest BCUT2D eigenvalue weighted by atomic mass is 10.1. The number of nitrogens with one attached hydrogen (secondary N) is 2. The third kappa shape index (κ3) is 5.27. The Labute approximate surface area is 191 Å². The fourth-order valence-electron chi connectivity index (χ4n) is 3.01. The number of hydrogen-bond donors (Lipinski definition) is 2. The summed E-state index contributed by atoms with van der Waals surface area (Å²) in [5.74, 6) is -0.511. The van der Waals surface area contributed by atoms with Gasteiger partial charge in [-0.1, -0.05) is 41.9 Å². The number of halogens is 4. The van der Waals surface area contributed by atoms with Gasteiger partial charge in [0.2, 0.25) is 5.95 Å². The molecule has 33 heavy (non-hydrogen) atoms. The number of rotatable bonds is 5. The summed E-state index contributed by atoms with van der Waals surface area (Å²) in [5.41, 5.74) is 1.50. The van der Waals surface area contributed by atoms with Crippen LogP contribution in [0.4, 0.5) is 30.5 Å². The van der Waals surface area contributed by atoms with E-state index in [9.17, 15) is 18.0 Å². The van der Waals surface area contributed by atoms with Gasteiger partial charge < -0.3 is 10.6 Å². The topological polar surface area (TPSA) is 79.8 Å². The molecule has 0 saturated heterocycles. The van der Waals surface area contributed by atoms with Gasteiger partial charge in [-0.25, -0.2) is 9.97 Å². The molecule has 1 amide bonds. The number of carbonyl (C=O) groups excluding carboxylic acids is 1. The summed E-state index contributed by atoms with van der Waals surface area (Å²) in [5, 5.41) is 5.35. The molecule has 0 fully saturated rings. The standard InChI is InChI=1S/C23H15ClF3N5O/c24-17-12-15(23(25,26)27)6-7-18(17)31-22-29-11-9-19(32-22)21(33)30-20-13-28-10-8-16(20)14-4-2-1-3-5-14/h1-13H,(H,30,33)(H,29,31,32). The van der Waals surface area contributed by atoms with Crippen molar-refractivity contribution in [1.29, 1.82) is 0 Å². The number of carbonyl (C=O) groups is 1. The van der Waals surface area contributed by atoms with Crippen LogP contribution in [-0.4, -0.2) is 20.9 Å². The summed E-state index contributed by atoms with van der Waals surface area (Å²) in [6.07, 6.45) is -0.00771. The normalized spacial score (nSPS) is 11.2. The molecular weight excluding hydrogens is 455 g/mol. The highest BCUT2D eigenvalue weighted by Crippen LogP contribution is 2.34. The summed E-state index contributed by atoms with van der Waals surface area (Å²) in [6, 6.07) is 15.5. The van der Waals surface area contributed by atoms with Gasteiger partial charge in [-0.3, -0.25) is 9.78 Å². The van der Waals surface area contributed by atoms with Gasteiger partial charge >= 0.3 is 6.18 Å². The molecule has 0 spiro atoms. The molecule has 0 radical (unpaired) electrons. The van der Waals surface area contributed by atoms with Crippen LogP contribution < -0.4 is 10.6 Å². The molecule has 0 aliphatic heterocycles. The van der Waals surface area contributed by atoms with Crippen LogP contribution in [0.3, 0.4) is 0 Å². The molecule has 6 nitrogen and oxygen atoms in total. The van der Waals surface area contributed by atoms with E-state index in [4.69, 9.17) is 11.6 Å². The van der Waals surface area contributed by atoms with Crippen LogP contribution in [0.25, 0.3) is 11.1 Å². The monoisotopic (exact) mass is 469 g/mol. The molecule has 0 unspecified atom stereocenters. The zero-order chi connectivity index (χ0) is 23.4.